The molecule has 1 aliphatic carbocycles. The van der Waals surface area contributed by atoms with Crippen molar-refractivity contribution in [3.8, 4) is 0 Å². The Morgan fingerprint density at radius 2 is 2.06 bits per heavy atom. The number of ketones is 1. The van der Waals surface area contributed by atoms with Crippen LogP contribution in [-0.2, 0) is 6.42 Å². The molecule has 1 aromatic carbocycles. The van der Waals surface area contributed by atoms with Crippen molar-refractivity contribution in [3.63, 3.8) is 0 Å². The standard InChI is InChI=1S/C14H17NO3/c1-14(2,15(17)18)9-11-8-7-10-5-3-4-6-12(10)13(11)16/h3-6,11H,7-9H2,1-2H3. The molecule has 4 heteroatoms. The summed E-state index contributed by atoms with van der Waals surface area (Å²) in [4.78, 5) is 22.9. The molecular formula is C14H17NO3. The Morgan fingerprint density at radius 3 is 2.72 bits per heavy atom. The number of hydrogen-bond acceptors (Lipinski definition) is 3. The molecule has 4 nitrogen and oxygen atoms in total. The van der Waals surface area contributed by atoms with Crippen molar-refractivity contribution in [2.45, 2.75) is 38.6 Å². The molecule has 2 rings (SSSR count). The molecule has 0 amide bonds. The van der Waals surface area contributed by atoms with E-state index in [2.05, 4.69) is 0 Å². The summed E-state index contributed by atoms with van der Waals surface area (Å²) in [6.45, 7) is 3.17. The summed E-state index contributed by atoms with van der Waals surface area (Å²) in [6.07, 6.45) is 1.86. The third-order valence-corrected chi connectivity index (χ3v) is 3.66. The maximum Gasteiger partial charge on any atom is 0.217 e. The van der Waals surface area contributed by atoms with Crippen LogP contribution in [0, 0.1) is 16.0 Å². The Morgan fingerprint density at radius 1 is 1.39 bits per heavy atom. The molecule has 0 fully saturated rings. The molecule has 0 spiro atoms. The van der Waals surface area contributed by atoms with Crippen molar-refractivity contribution in [1.82, 2.24) is 0 Å². The highest BCUT2D eigenvalue weighted by Gasteiger charge is 2.38. The number of aryl methyl sites for hydroxylation is 1. The molecule has 0 radical (unpaired) electrons. The second-order valence-corrected chi connectivity index (χ2v) is 5.53. The average molecular weight is 247 g/mol. The minimum Gasteiger partial charge on any atom is -0.294 e. The highest BCUT2D eigenvalue weighted by Crippen LogP contribution is 2.31. The van der Waals surface area contributed by atoms with E-state index in [1.807, 2.05) is 24.3 Å². The molecule has 0 saturated carbocycles. The summed E-state index contributed by atoms with van der Waals surface area (Å²) in [5, 5.41) is 10.9. The van der Waals surface area contributed by atoms with E-state index < -0.39 is 5.54 Å². The zero-order valence-corrected chi connectivity index (χ0v) is 10.7. The average Bonchev–Trinajstić information content (AvgIpc) is 2.33. The Balaban J connectivity index is 2.20. The van der Waals surface area contributed by atoms with Crippen LogP contribution < -0.4 is 0 Å². The minimum absolute atomic E-state index is 0.0618. The maximum atomic E-state index is 12.3. The van der Waals surface area contributed by atoms with Gasteiger partial charge in [-0.15, -0.1) is 0 Å². The lowest BCUT2D eigenvalue weighted by molar-refractivity contribution is -0.562. The zero-order chi connectivity index (χ0) is 13.3. The van der Waals surface area contributed by atoms with Gasteiger partial charge in [0.05, 0.1) is 0 Å². The van der Waals surface area contributed by atoms with Gasteiger partial charge in [0.1, 0.15) is 0 Å². The van der Waals surface area contributed by atoms with E-state index in [1.54, 1.807) is 13.8 Å². The summed E-state index contributed by atoms with van der Waals surface area (Å²) in [5.41, 5.74) is 0.776. The fourth-order valence-corrected chi connectivity index (χ4v) is 2.53. The van der Waals surface area contributed by atoms with E-state index in [9.17, 15) is 14.9 Å². The molecule has 0 bridgehead atoms. The number of nitro groups is 1. The van der Waals surface area contributed by atoms with Crippen LogP contribution >= 0.6 is 0 Å². The molecule has 0 aliphatic heterocycles. The van der Waals surface area contributed by atoms with Crippen LogP contribution in [0.25, 0.3) is 0 Å². The van der Waals surface area contributed by atoms with Gasteiger partial charge < -0.3 is 0 Å². The van der Waals surface area contributed by atoms with Crippen LogP contribution in [-0.4, -0.2) is 16.2 Å². The molecule has 0 saturated heterocycles. The Kier molecular flexibility index (Phi) is 3.20. The van der Waals surface area contributed by atoms with Crippen LogP contribution in [0.5, 0.6) is 0 Å². The largest absolute Gasteiger partial charge is 0.294 e. The first-order chi connectivity index (χ1) is 8.42. The fourth-order valence-electron chi connectivity index (χ4n) is 2.53. The molecule has 1 atom stereocenters. The lowest BCUT2D eigenvalue weighted by Crippen LogP contribution is -2.37. The molecule has 1 aliphatic rings. The number of benzene rings is 1. The highest BCUT2D eigenvalue weighted by atomic mass is 16.6. The number of fused-ring (bicyclic) bond motifs is 1. The lowest BCUT2D eigenvalue weighted by Gasteiger charge is -2.26. The molecule has 0 N–H and O–H groups in total. The van der Waals surface area contributed by atoms with Gasteiger partial charge in [0.25, 0.3) is 0 Å². The first kappa shape index (κ1) is 12.7. The molecule has 96 valence electrons. The molecule has 0 heterocycles. The fraction of sp³-hybridized carbons (Fsp3) is 0.500. The van der Waals surface area contributed by atoms with Crippen molar-refractivity contribution in [3.05, 3.63) is 45.5 Å². The number of carbonyl (C=O) groups excluding carboxylic acids is 1. The van der Waals surface area contributed by atoms with Gasteiger partial charge in [0.2, 0.25) is 5.54 Å². The van der Waals surface area contributed by atoms with Gasteiger partial charge in [-0.2, -0.15) is 0 Å². The normalized spacial score (nSPS) is 19.4. The third kappa shape index (κ3) is 2.28. The Hall–Kier alpha value is -1.71. The van der Waals surface area contributed by atoms with E-state index in [4.69, 9.17) is 0 Å². The van der Waals surface area contributed by atoms with Crippen molar-refractivity contribution in [2.24, 2.45) is 5.92 Å². The Labute approximate surface area is 106 Å². The molecule has 0 aromatic heterocycles. The molecule has 1 unspecified atom stereocenters. The molecular weight excluding hydrogens is 230 g/mol. The van der Waals surface area contributed by atoms with E-state index in [0.29, 0.717) is 12.8 Å². The van der Waals surface area contributed by atoms with Crippen LogP contribution in [0.3, 0.4) is 0 Å². The van der Waals surface area contributed by atoms with E-state index >= 15 is 0 Å². The van der Waals surface area contributed by atoms with Crippen LogP contribution in [0.4, 0.5) is 0 Å². The first-order valence-corrected chi connectivity index (χ1v) is 6.18. The van der Waals surface area contributed by atoms with Crippen molar-refractivity contribution in [1.29, 1.82) is 0 Å². The van der Waals surface area contributed by atoms with E-state index in [-0.39, 0.29) is 16.6 Å². The summed E-state index contributed by atoms with van der Waals surface area (Å²) < 4.78 is 0. The summed E-state index contributed by atoms with van der Waals surface area (Å²) in [5.74, 6) is -0.160. The van der Waals surface area contributed by atoms with Gasteiger partial charge in [-0.1, -0.05) is 24.3 Å². The second kappa shape index (κ2) is 4.52. The monoisotopic (exact) mass is 247 g/mol. The summed E-state index contributed by atoms with van der Waals surface area (Å²) >= 11 is 0. The van der Waals surface area contributed by atoms with Crippen LogP contribution in [0.1, 0.15) is 42.6 Å². The smallest absolute Gasteiger partial charge is 0.217 e. The SMILES string of the molecule is CC(C)(CC1CCc2ccccc2C1=O)[N+](=O)[O-]. The molecule has 1 aromatic rings. The maximum absolute atomic E-state index is 12.3. The van der Waals surface area contributed by atoms with Gasteiger partial charge >= 0.3 is 0 Å². The van der Waals surface area contributed by atoms with Crippen molar-refractivity contribution >= 4 is 5.78 Å². The summed E-state index contributed by atoms with van der Waals surface area (Å²) in [7, 11) is 0. The van der Waals surface area contributed by atoms with Crippen LogP contribution in [0.2, 0.25) is 0 Å². The van der Waals surface area contributed by atoms with Gasteiger partial charge in [-0.25, -0.2) is 0 Å². The topological polar surface area (TPSA) is 60.2 Å². The lowest BCUT2D eigenvalue weighted by atomic mass is 9.77. The number of hydrogen-bond donors (Lipinski definition) is 0. The van der Waals surface area contributed by atoms with E-state index in [1.165, 1.54) is 0 Å². The van der Waals surface area contributed by atoms with Gasteiger partial charge in [-0.3, -0.25) is 14.9 Å². The number of carbonyl (C=O) groups is 1. The molecule has 18 heavy (non-hydrogen) atoms. The van der Waals surface area contributed by atoms with Gasteiger partial charge in [0.15, 0.2) is 5.78 Å². The Bertz CT molecular complexity index is 494. The number of rotatable bonds is 3. The van der Waals surface area contributed by atoms with Crippen molar-refractivity contribution in [2.75, 3.05) is 0 Å². The first-order valence-electron chi connectivity index (χ1n) is 6.18. The zero-order valence-electron chi connectivity index (χ0n) is 10.7. The van der Waals surface area contributed by atoms with Crippen LogP contribution in [0.15, 0.2) is 24.3 Å². The minimum atomic E-state index is -1.04. The van der Waals surface area contributed by atoms with Crippen molar-refractivity contribution < 1.29 is 9.72 Å². The predicted molar refractivity (Wildman–Crippen MR) is 68.3 cm³/mol. The van der Waals surface area contributed by atoms with Gasteiger partial charge in [-0.05, 0) is 18.4 Å². The summed E-state index contributed by atoms with van der Waals surface area (Å²) in [6, 6.07) is 7.55. The highest BCUT2D eigenvalue weighted by molar-refractivity contribution is 6.00. The van der Waals surface area contributed by atoms with Gasteiger partial charge in [0, 0.05) is 36.7 Å². The predicted octanol–water partition coefficient (Wildman–Crippen LogP) is 2.88. The van der Waals surface area contributed by atoms with E-state index in [0.717, 1.165) is 17.5 Å². The number of Topliss-reactive ketones (excluding diaryl/α,β-unsaturated/α-hetero) is 1. The quantitative estimate of drug-likeness (QED) is 0.609. The number of nitrogens with zero attached hydrogens (tertiary/aromatic N) is 1. The second-order valence-electron chi connectivity index (χ2n) is 5.53. The third-order valence-electron chi connectivity index (χ3n) is 3.66.